The molecule has 0 saturated carbocycles. The van der Waals surface area contributed by atoms with Crippen LogP contribution in [0.2, 0.25) is 0 Å². The van der Waals surface area contributed by atoms with Gasteiger partial charge in [0.15, 0.2) is 0 Å². The molecule has 0 N–H and O–H groups in total. The van der Waals surface area contributed by atoms with E-state index in [-0.39, 0.29) is 19.0 Å². The molecule has 0 aromatic carbocycles. The summed E-state index contributed by atoms with van der Waals surface area (Å²) in [7, 11) is 2.91. The van der Waals surface area contributed by atoms with Gasteiger partial charge in [-0.1, -0.05) is 0 Å². The third-order valence-electron chi connectivity index (χ3n) is 3.82. The number of rotatable bonds is 6. The van der Waals surface area contributed by atoms with Gasteiger partial charge < -0.3 is 9.64 Å². The van der Waals surface area contributed by atoms with Crippen molar-refractivity contribution in [3.05, 3.63) is 0 Å². The summed E-state index contributed by atoms with van der Waals surface area (Å²) in [6.07, 6.45) is 1.72. The second-order valence-corrected chi connectivity index (χ2v) is 7.30. The van der Waals surface area contributed by atoms with Gasteiger partial charge in [0.2, 0.25) is 0 Å². The highest BCUT2D eigenvalue weighted by Crippen LogP contribution is 2.18. The highest BCUT2D eigenvalue weighted by molar-refractivity contribution is 7.86. The maximum Gasteiger partial charge on any atom is 0.306 e. The topological polar surface area (TPSA) is 70.2 Å². The molecule has 7 nitrogen and oxygen atoms in total. The van der Waals surface area contributed by atoms with E-state index in [9.17, 15) is 13.2 Å². The van der Waals surface area contributed by atoms with Crippen molar-refractivity contribution < 1.29 is 17.9 Å². The predicted octanol–water partition coefficient (Wildman–Crippen LogP) is -0.248. The van der Waals surface area contributed by atoms with E-state index in [1.165, 1.54) is 22.8 Å². The maximum absolute atomic E-state index is 12.4. The zero-order valence-electron chi connectivity index (χ0n) is 12.7. The van der Waals surface area contributed by atoms with Gasteiger partial charge in [-0.05, 0) is 33.0 Å². The molecule has 0 aromatic heterocycles. The lowest BCUT2D eigenvalue weighted by molar-refractivity contribution is -0.140. The summed E-state index contributed by atoms with van der Waals surface area (Å²) in [6, 6.07) is 0.0248. The summed E-state index contributed by atoms with van der Waals surface area (Å²) < 4.78 is 32.0. The molecule has 20 heavy (non-hydrogen) atoms. The van der Waals surface area contributed by atoms with Crippen molar-refractivity contribution in [1.29, 1.82) is 0 Å². The quantitative estimate of drug-likeness (QED) is 0.633. The molecule has 118 valence electrons. The first-order chi connectivity index (χ1) is 9.28. The second-order valence-electron chi connectivity index (χ2n) is 5.21. The maximum atomic E-state index is 12.4. The Hall–Kier alpha value is -0.700. The lowest BCUT2D eigenvalue weighted by atomic mass is 10.1. The molecule has 1 saturated heterocycles. The highest BCUT2D eigenvalue weighted by atomic mass is 32.2. The average Bonchev–Trinajstić information content (AvgIpc) is 2.44. The Labute approximate surface area is 121 Å². The fraction of sp³-hybridized carbons (Fsp3) is 0.917. The Kier molecular flexibility index (Phi) is 6.38. The predicted molar refractivity (Wildman–Crippen MR) is 76.5 cm³/mol. The minimum absolute atomic E-state index is 0.0248. The van der Waals surface area contributed by atoms with Gasteiger partial charge >= 0.3 is 5.97 Å². The third-order valence-corrected chi connectivity index (χ3v) is 5.81. The Morgan fingerprint density at radius 3 is 2.35 bits per heavy atom. The number of hydrogen-bond donors (Lipinski definition) is 0. The molecule has 0 atom stereocenters. The Balaban J connectivity index is 2.59. The molecule has 0 aliphatic carbocycles. The first kappa shape index (κ1) is 17.4. The average molecular weight is 307 g/mol. The van der Waals surface area contributed by atoms with E-state index >= 15 is 0 Å². The molecule has 1 fully saturated rings. The van der Waals surface area contributed by atoms with Gasteiger partial charge in [-0.2, -0.15) is 17.0 Å². The summed E-state index contributed by atoms with van der Waals surface area (Å²) in [5.41, 5.74) is 0. The molecule has 1 aliphatic rings. The first-order valence-corrected chi connectivity index (χ1v) is 8.13. The monoisotopic (exact) mass is 307 g/mol. The molecular formula is C12H25N3O4S. The molecule has 0 amide bonds. The van der Waals surface area contributed by atoms with Crippen LogP contribution in [0.5, 0.6) is 0 Å². The Morgan fingerprint density at radius 2 is 1.85 bits per heavy atom. The lowest BCUT2D eigenvalue weighted by Crippen LogP contribution is -2.49. The first-order valence-electron chi connectivity index (χ1n) is 6.73. The molecule has 0 aromatic rings. The molecular weight excluding hydrogens is 282 g/mol. The van der Waals surface area contributed by atoms with E-state index in [0.717, 1.165) is 25.9 Å². The van der Waals surface area contributed by atoms with Crippen molar-refractivity contribution in [1.82, 2.24) is 13.5 Å². The van der Waals surface area contributed by atoms with E-state index in [1.54, 1.807) is 7.05 Å². The van der Waals surface area contributed by atoms with Crippen molar-refractivity contribution >= 4 is 16.2 Å². The number of likely N-dealkylation sites (tertiary alicyclic amines) is 1. The second kappa shape index (κ2) is 7.35. The van der Waals surface area contributed by atoms with E-state index < -0.39 is 16.2 Å². The van der Waals surface area contributed by atoms with E-state index in [4.69, 9.17) is 0 Å². The van der Waals surface area contributed by atoms with E-state index in [0.29, 0.717) is 0 Å². The van der Waals surface area contributed by atoms with Crippen LogP contribution in [0.3, 0.4) is 0 Å². The van der Waals surface area contributed by atoms with Gasteiger partial charge in [0.1, 0.15) is 0 Å². The van der Waals surface area contributed by atoms with Crippen LogP contribution in [0.25, 0.3) is 0 Å². The number of carbonyl (C=O) groups excluding carboxylic acids is 1. The van der Waals surface area contributed by atoms with E-state index in [1.807, 2.05) is 7.05 Å². The van der Waals surface area contributed by atoms with Crippen LogP contribution in [0, 0.1) is 0 Å². The van der Waals surface area contributed by atoms with Gasteiger partial charge in [-0.3, -0.25) is 4.79 Å². The van der Waals surface area contributed by atoms with Crippen molar-refractivity contribution in [3.63, 3.8) is 0 Å². The number of methoxy groups -OCH3 is 1. The Bertz CT molecular complexity index is 418. The largest absolute Gasteiger partial charge is 0.469 e. The summed E-state index contributed by atoms with van der Waals surface area (Å²) in [5, 5.41) is 0. The van der Waals surface area contributed by atoms with Crippen molar-refractivity contribution in [2.24, 2.45) is 0 Å². The highest BCUT2D eigenvalue weighted by Gasteiger charge is 2.31. The number of piperidine rings is 1. The van der Waals surface area contributed by atoms with Crippen LogP contribution in [0.1, 0.15) is 19.3 Å². The number of hydrogen-bond acceptors (Lipinski definition) is 5. The van der Waals surface area contributed by atoms with Gasteiger partial charge in [0.05, 0.1) is 13.5 Å². The minimum Gasteiger partial charge on any atom is -0.469 e. The lowest BCUT2D eigenvalue weighted by Gasteiger charge is -2.36. The zero-order chi connectivity index (χ0) is 15.3. The van der Waals surface area contributed by atoms with Crippen LogP contribution in [-0.2, 0) is 19.7 Å². The van der Waals surface area contributed by atoms with Gasteiger partial charge in [-0.25, -0.2) is 0 Å². The summed E-state index contributed by atoms with van der Waals surface area (Å²) in [6.45, 7) is 1.93. The van der Waals surface area contributed by atoms with Crippen LogP contribution in [-0.4, -0.2) is 81.8 Å². The number of esters is 1. The van der Waals surface area contributed by atoms with Crippen molar-refractivity contribution in [2.75, 3.05) is 47.9 Å². The summed E-state index contributed by atoms with van der Waals surface area (Å²) >= 11 is 0. The fourth-order valence-corrected chi connectivity index (χ4v) is 3.58. The van der Waals surface area contributed by atoms with Crippen molar-refractivity contribution in [2.45, 2.75) is 25.3 Å². The zero-order valence-corrected chi connectivity index (χ0v) is 13.5. The summed E-state index contributed by atoms with van der Waals surface area (Å²) in [4.78, 5) is 13.3. The molecule has 0 spiro atoms. The molecule has 1 rings (SSSR count). The van der Waals surface area contributed by atoms with Crippen LogP contribution >= 0.6 is 0 Å². The minimum atomic E-state index is -3.52. The van der Waals surface area contributed by atoms with E-state index in [2.05, 4.69) is 9.64 Å². The molecule has 0 unspecified atom stereocenters. The number of carbonyl (C=O) groups is 1. The summed E-state index contributed by atoms with van der Waals surface area (Å²) in [5.74, 6) is -0.408. The number of ether oxygens (including phenoxy) is 1. The smallest absolute Gasteiger partial charge is 0.306 e. The molecule has 1 heterocycles. The van der Waals surface area contributed by atoms with Crippen LogP contribution in [0.4, 0.5) is 0 Å². The van der Waals surface area contributed by atoms with Gasteiger partial charge in [-0.15, -0.1) is 0 Å². The molecule has 1 aliphatic heterocycles. The van der Waals surface area contributed by atoms with Crippen molar-refractivity contribution in [3.8, 4) is 0 Å². The standard InChI is InChI=1S/C12H25N3O4S/c1-13-8-5-11(6-9-13)15(3)20(17,18)14(2)10-7-12(16)19-4/h11H,5-10H2,1-4H3. The Morgan fingerprint density at radius 1 is 1.30 bits per heavy atom. The van der Waals surface area contributed by atoms with Gasteiger partial charge in [0, 0.05) is 26.7 Å². The number of nitrogens with zero attached hydrogens (tertiary/aromatic N) is 3. The normalized spacial score (nSPS) is 18.7. The third kappa shape index (κ3) is 4.41. The molecule has 0 radical (unpaired) electrons. The SMILES string of the molecule is COC(=O)CCN(C)S(=O)(=O)N(C)C1CCN(C)CC1. The molecule has 8 heteroatoms. The van der Waals surface area contributed by atoms with Gasteiger partial charge in [0.25, 0.3) is 10.2 Å². The van der Waals surface area contributed by atoms with Crippen LogP contribution in [0.15, 0.2) is 0 Å². The van der Waals surface area contributed by atoms with Crippen LogP contribution < -0.4 is 0 Å². The fourth-order valence-electron chi connectivity index (χ4n) is 2.23. The molecule has 0 bridgehead atoms.